The van der Waals surface area contributed by atoms with Crippen LogP contribution in [0.25, 0.3) is 0 Å². The molecule has 3 heterocycles. The van der Waals surface area contributed by atoms with Crippen LogP contribution >= 0.6 is 0 Å². The minimum absolute atomic E-state index is 0.0395. The summed E-state index contributed by atoms with van der Waals surface area (Å²) >= 11 is 0. The van der Waals surface area contributed by atoms with Crippen LogP contribution in [0.3, 0.4) is 0 Å². The Morgan fingerprint density at radius 2 is 1.92 bits per heavy atom. The first kappa shape index (κ1) is 25.5. The van der Waals surface area contributed by atoms with E-state index in [1.807, 2.05) is 0 Å². The van der Waals surface area contributed by atoms with E-state index < -0.39 is 52.9 Å². The zero-order valence-electron chi connectivity index (χ0n) is 19.6. The van der Waals surface area contributed by atoms with Gasteiger partial charge in [-0.05, 0) is 37.5 Å². The molecule has 2 aliphatic heterocycles. The van der Waals surface area contributed by atoms with E-state index in [4.69, 9.17) is 11.5 Å². The lowest BCUT2D eigenvalue weighted by atomic mass is 9.87. The van der Waals surface area contributed by atoms with Gasteiger partial charge < -0.3 is 26.6 Å². The summed E-state index contributed by atoms with van der Waals surface area (Å²) in [6.45, 7) is 1.31. The van der Waals surface area contributed by atoms with Crippen LogP contribution in [0.1, 0.15) is 31.7 Å². The van der Waals surface area contributed by atoms with Gasteiger partial charge in [0, 0.05) is 37.8 Å². The van der Waals surface area contributed by atoms with Crippen LogP contribution in [0.2, 0.25) is 0 Å². The Balaban J connectivity index is 1.57. The Kier molecular flexibility index (Phi) is 6.92. The molecule has 2 aromatic rings. The largest absolute Gasteiger partial charge is 0.381 e. The van der Waals surface area contributed by atoms with Gasteiger partial charge in [-0.25, -0.2) is 23.1 Å². The van der Waals surface area contributed by atoms with Crippen LogP contribution in [-0.4, -0.2) is 58.4 Å². The van der Waals surface area contributed by atoms with Crippen molar-refractivity contribution < 1.29 is 27.2 Å². The predicted molar refractivity (Wildman–Crippen MR) is 124 cm³/mol. The van der Waals surface area contributed by atoms with Crippen molar-refractivity contribution in [3.05, 3.63) is 41.7 Å². The number of halogens is 4. The third-order valence-electron chi connectivity index (χ3n) is 6.66. The maximum absolute atomic E-state index is 14.6. The standard InChI is InChI=1S/C23H27F4N7O2/c1-23(26,27)12-7-13(24)9-14(8-12)32-16-3-2-5-34(22(16)36)17-10-33(6-4-15(17)20(29)35)21-18(25)19(28)30-11-31-21/h7-9,11,15-17,32H,2-6,10H2,1H3,(H2,29,35)(H2,28,30,31)/t15-,16+,17-/m0/s1. The van der Waals surface area contributed by atoms with Crippen molar-refractivity contribution >= 4 is 29.1 Å². The highest BCUT2D eigenvalue weighted by Crippen LogP contribution is 2.32. The predicted octanol–water partition coefficient (Wildman–Crippen LogP) is 2.23. The van der Waals surface area contributed by atoms with E-state index in [0.717, 1.165) is 24.5 Å². The number of carbonyl (C=O) groups excluding carboxylic acids is 2. The quantitative estimate of drug-likeness (QED) is 0.509. The molecule has 1 aromatic heterocycles. The van der Waals surface area contributed by atoms with Crippen molar-refractivity contribution in [2.45, 2.75) is 44.2 Å². The van der Waals surface area contributed by atoms with Gasteiger partial charge >= 0.3 is 0 Å². The Morgan fingerprint density at radius 3 is 2.61 bits per heavy atom. The zero-order valence-corrected chi connectivity index (χ0v) is 19.6. The first-order chi connectivity index (χ1) is 17.0. The first-order valence-corrected chi connectivity index (χ1v) is 11.5. The molecule has 36 heavy (non-hydrogen) atoms. The molecule has 0 aliphatic carbocycles. The topological polar surface area (TPSA) is 130 Å². The molecule has 194 valence electrons. The Hall–Kier alpha value is -3.64. The first-order valence-electron chi connectivity index (χ1n) is 11.5. The number of primary amides is 1. The number of nitrogens with two attached hydrogens (primary N) is 2. The molecule has 0 unspecified atom stereocenters. The maximum atomic E-state index is 14.6. The number of nitrogens with zero attached hydrogens (tertiary/aromatic N) is 4. The normalized spacial score (nSPS) is 23.0. The molecule has 0 saturated carbocycles. The lowest BCUT2D eigenvalue weighted by molar-refractivity contribution is -0.140. The average Bonchev–Trinajstić information content (AvgIpc) is 2.81. The molecule has 0 radical (unpaired) electrons. The zero-order chi connectivity index (χ0) is 26.2. The monoisotopic (exact) mass is 509 g/mol. The van der Waals surface area contributed by atoms with E-state index in [1.165, 1.54) is 4.90 Å². The number of hydrogen-bond acceptors (Lipinski definition) is 7. The summed E-state index contributed by atoms with van der Waals surface area (Å²) in [5.74, 6) is -6.96. The van der Waals surface area contributed by atoms with Crippen LogP contribution in [0, 0.1) is 17.6 Å². The second-order valence-corrected chi connectivity index (χ2v) is 9.20. The number of nitrogens with one attached hydrogen (secondary N) is 1. The van der Waals surface area contributed by atoms with Crippen LogP contribution in [0.4, 0.5) is 34.9 Å². The van der Waals surface area contributed by atoms with Gasteiger partial charge in [0.1, 0.15) is 18.2 Å². The van der Waals surface area contributed by atoms with Crippen molar-refractivity contribution in [1.29, 1.82) is 0 Å². The number of amides is 2. The van der Waals surface area contributed by atoms with Crippen LogP contribution in [0.5, 0.6) is 0 Å². The summed E-state index contributed by atoms with van der Waals surface area (Å²) in [5, 5.41) is 2.87. The minimum Gasteiger partial charge on any atom is -0.381 e. The number of anilines is 3. The average molecular weight is 510 g/mol. The Morgan fingerprint density at radius 1 is 1.17 bits per heavy atom. The molecule has 2 amide bonds. The van der Waals surface area contributed by atoms with Gasteiger partial charge in [-0.3, -0.25) is 9.59 Å². The van der Waals surface area contributed by atoms with Gasteiger partial charge in [-0.2, -0.15) is 4.39 Å². The number of likely N-dealkylation sites (tertiary alicyclic amines) is 1. The third kappa shape index (κ3) is 5.14. The molecule has 4 rings (SSSR count). The fourth-order valence-corrected chi connectivity index (χ4v) is 4.86. The summed E-state index contributed by atoms with van der Waals surface area (Å²) < 4.78 is 56.1. The Bertz CT molecular complexity index is 1160. The minimum atomic E-state index is -3.26. The molecule has 0 bridgehead atoms. The highest BCUT2D eigenvalue weighted by Gasteiger charge is 2.42. The van der Waals surface area contributed by atoms with Crippen molar-refractivity contribution in [2.24, 2.45) is 11.7 Å². The maximum Gasteiger partial charge on any atom is 0.270 e. The smallest absolute Gasteiger partial charge is 0.270 e. The molecule has 2 fully saturated rings. The van der Waals surface area contributed by atoms with E-state index in [0.29, 0.717) is 26.3 Å². The van der Waals surface area contributed by atoms with Gasteiger partial charge in [0.2, 0.25) is 17.6 Å². The Labute approximate surface area is 204 Å². The van der Waals surface area contributed by atoms with E-state index in [-0.39, 0.29) is 36.8 Å². The molecular weight excluding hydrogens is 482 g/mol. The van der Waals surface area contributed by atoms with Gasteiger partial charge in [-0.1, -0.05) is 0 Å². The molecule has 13 heteroatoms. The van der Waals surface area contributed by atoms with E-state index in [2.05, 4.69) is 15.3 Å². The number of hydrogen-bond donors (Lipinski definition) is 3. The summed E-state index contributed by atoms with van der Waals surface area (Å²) in [6.07, 6.45) is 2.29. The summed E-state index contributed by atoms with van der Waals surface area (Å²) in [6, 6.07) is 1.36. The number of aromatic nitrogens is 2. The molecule has 2 saturated heterocycles. The molecule has 1 aromatic carbocycles. The summed E-state index contributed by atoms with van der Waals surface area (Å²) in [5.41, 5.74) is 10.7. The lowest BCUT2D eigenvalue weighted by Crippen LogP contribution is -2.61. The fourth-order valence-electron chi connectivity index (χ4n) is 4.86. The van der Waals surface area contributed by atoms with Gasteiger partial charge in [-0.15, -0.1) is 0 Å². The lowest BCUT2D eigenvalue weighted by Gasteiger charge is -2.46. The number of piperidine rings is 2. The number of carbonyl (C=O) groups is 2. The highest BCUT2D eigenvalue weighted by atomic mass is 19.3. The molecule has 2 aliphatic rings. The number of nitrogen functional groups attached to an aromatic ring is 1. The second kappa shape index (κ2) is 9.78. The van der Waals surface area contributed by atoms with E-state index >= 15 is 0 Å². The fraction of sp³-hybridized carbons (Fsp3) is 0.478. The molecule has 3 atom stereocenters. The molecule has 5 N–H and O–H groups in total. The molecule has 0 spiro atoms. The number of benzene rings is 1. The van der Waals surface area contributed by atoms with Gasteiger partial charge in [0.15, 0.2) is 11.6 Å². The number of rotatable bonds is 6. The summed E-state index contributed by atoms with van der Waals surface area (Å²) in [7, 11) is 0. The van der Waals surface area contributed by atoms with E-state index in [1.54, 1.807) is 4.90 Å². The van der Waals surface area contributed by atoms with Crippen LogP contribution in [0.15, 0.2) is 24.5 Å². The van der Waals surface area contributed by atoms with E-state index in [9.17, 15) is 27.2 Å². The molecule has 9 nitrogen and oxygen atoms in total. The number of alkyl halides is 2. The van der Waals surface area contributed by atoms with Crippen LogP contribution in [-0.2, 0) is 15.5 Å². The van der Waals surface area contributed by atoms with Crippen molar-refractivity contribution in [2.75, 3.05) is 35.6 Å². The molecular formula is C23H27F4N7O2. The third-order valence-corrected chi connectivity index (χ3v) is 6.66. The van der Waals surface area contributed by atoms with Crippen LogP contribution < -0.4 is 21.7 Å². The van der Waals surface area contributed by atoms with Crippen molar-refractivity contribution in [1.82, 2.24) is 14.9 Å². The van der Waals surface area contributed by atoms with Crippen molar-refractivity contribution in [3.8, 4) is 0 Å². The highest BCUT2D eigenvalue weighted by molar-refractivity contribution is 5.87. The van der Waals surface area contributed by atoms with Gasteiger partial charge in [0.25, 0.3) is 5.92 Å². The van der Waals surface area contributed by atoms with Gasteiger partial charge in [0.05, 0.1) is 12.0 Å². The summed E-state index contributed by atoms with van der Waals surface area (Å²) in [4.78, 5) is 36.4. The van der Waals surface area contributed by atoms with Crippen molar-refractivity contribution in [3.63, 3.8) is 0 Å². The second-order valence-electron chi connectivity index (χ2n) is 9.20. The SMILES string of the molecule is CC(F)(F)c1cc(F)cc(N[C@@H]2CCCN([C@H]3CN(c4ncnc(N)c4F)CC[C@@H]3C(N)=O)C2=O)c1.